The van der Waals surface area contributed by atoms with E-state index in [1.54, 1.807) is 16.8 Å². The van der Waals surface area contributed by atoms with Crippen LogP contribution in [0.1, 0.15) is 62.4 Å². The molecule has 3 aromatic rings. The Bertz CT molecular complexity index is 1230. The summed E-state index contributed by atoms with van der Waals surface area (Å²) in [7, 11) is 0. The Balaban J connectivity index is 2.12. The number of fused-ring (bicyclic) bond motifs is 2. The highest BCUT2D eigenvalue weighted by Crippen LogP contribution is 2.13. The fourth-order valence-corrected chi connectivity index (χ4v) is 3.70. The summed E-state index contributed by atoms with van der Waals surface area (Å²) in [6, 6.07) is 5.21. The molecular formula is C24H33N5O3. The van der Waals surface area contributed by atoms with Crippen molar-refractivity contribution in [1.82, 2.24) is 19.3 Å². The van der Waals surface area contributed by atoms with Crippen molar-refractivity contribution in [2.75, 3.05) is 13.2 Å². The summed E-state index contributed by atoms with van der Waals surface area (Å²) in [4.78, 5) is 30.9. The van der Waals surface area contributed by atoms with Crippen molar-refractivity contribution in [2.45, 2.75) is 66.0 Å². The Labute approximate surface area is 187 Å². The topological polar surface area (TPSA) is 101 Å². The second-order valence-corrected chi connectivity index (χ2v) is 8.33. The molecule has 0 fully saturated rings. The van der Waals surface area contributed by atoms with E-state index >= 15 is 0 Å². The van der Waals surface area contributed by atoms with Crippen molar-refractivity contribution in [3.05, 3.63) is 51.4 Å². The number of nitrogens with zero attached hydrogens (tertiary/aromatic N) is 3. The van der Waals surface area contributed by atoms with Crippen LogP contribution in [0.25, 0.3) is 16.7 Å². The summed E-state index contributed by atoms with van der Waals surface area (Å²) < 4.78 is 8.80. The fraction of sp³-hybridized carbons (Fsp3) is 0.500. The third kappa shape index (κ3) is 5.07. The van der Waals surface area contributed by atoms with Crippen LogP contribution < -0.4 is 16.4 Å². The Morgan fingerprint density at radius 3 is 2.75 bits per heavy atom. The Hall–Kier alpha value is -3.00. The summed E-state index contributed by atoms with van der Waals surface area (Å²) in [5.41, 5.74) is 1.83. The standard InChI is InChI=1S/C24H33N5O3/c1-5-6-7-11-26-23(30)18-15-19-22(28(20(18)25)13-9-14-32-16(2)3)27-21-17(4)10-8-12-29(21)24(19)31/h8,10,12,15-16,25H,5-7,9,11,13-14H2,1-4H3,(H,26,30). The van der Waals surface area contributed by atoms with Gasteiger partial charge in [0, 0.05) is 25.9 Å². The molecular weight excluding hydrogens is 406 g/mol. The number of hydrogen-bond acceptors (Lipinski definition) is 5. The Morgan fingerprint density at radius 1 is 1.25 bits per heavy atom. The first-order chi connectivity index (χ1) is 15.3. The monoisotopic (exact) mass is 439 g/mol. The molecule has 0 atom stereocenters. The van der Waals surface area contributed by atoms with Gasteiger partial charge in [-0.1, -0.05) is 25.8 Å². The van der Waals surface area contributed by atoms with Gasteiger partial charge >= 0.3 is 0 Å². The number of aryl methyl sites for hydroxylation is 2. The van der Waals surface area contributed by atoms with Gasteiger partial charge < -0.3 is 14.6 Å². The van der Waals surface area contributed by atoms with Crippen LogP contribution in [0.5, 0.6) is 0 Å². The first kappa shape index (κ1) is 23.7. The zero-order valence-electron chi connectivity index (χ0n) is 19.4. The number of ether oxygens (including phenoxy) is 1. The molecule has 0 aliphatic rings. The van der Waals surface area contributed by atoms with E-state index in [9.17, 15) is 9.59 Å². The average Bonchev–Trinajstić information content (AvgIpc) is 2.76. The second kappa shape index (κ2) is 10.5. The van der Waals surface area contributed by atoms with Gasteiger partial charge in [0.1, 0.15) is 16.8 Å². The van der Waals surface area contributed by atoms with Crippen molar-refractivity contribution in [3.63, 3.8) is 0 Å². The molecule has 0 aromatic carbocycles. The predicted octanol–water partition coefficient (Wildman–Crippen LogP) is 3.17. The molecule has 0 saturated carbocycles. The van der Waals surface area contributed by atoms with E-state index in [0.29, 0.717) is 42.8 Å². The molecule has 0 bridgehead atoms. The predicted molar refractivity (Wildman–Crippen MR) is 125 cm³/mol. The zero-order chi connectivity index (χ0) is 23.3. The van der Waals surface area contributed by atoms with Crippen LogP contribution >= 0.6 is 0 Å². The lowest BCUT2D eigenvalue weighted by Crippen LogP contribution is -2.35. The molecule has 0 unspecified atom stereocenters. The number of pyridine rings is 2. The minimum Gasteiger partial charge on any atom is -0.379 e. The van der Waals surface area contributed by atoms with Crippen LogP contribution in [0, 0.1) is 12.3 Å². The maximum atomic E-state index is 13.3. The summed E-state index contributed by atoms with van der Waals surface area (Å²) in [6.07, 6.45) is 5.39. The Kier molecular flexibility index (Phi) is 7.80. The van der Waals surface area contributed by atoms with Gasteiger partial charge in [0.05, 0.1) is 17.1 Å². The van der Waals surface area contributed by atoms with Crippen LogP contribution in [0.2, 0.25) is 0 Å². The molecule has 3 heterocycles. The molecule has 3 aromatic heterocycles. The molecule has 0 saturated heterocycles. The molecule has 0 spiro atoms. The number of rotatable bonds is 10. The van der Waals surface area contributed by atoms with Gasteiger partial charge in [-0.3, -0.25) is 19.4 Å². The molecule has 1 amide bonds. The number of carbonyl (C=O) groups is 1. The van der Waals surface area contributed by atoms with Gasteiger partial charge in [-0.15, -0.1) is 0 Å². The first-order valence-corrected chi connectivity index (χ1v) is 11.3. The molecule has 8 heteroatoms. The van der Waals surface area contributed by atoms with Crippen molar-refractivity contribution in [1.29, 1.82) is 5.41 Å². The van der Waals surface area contributed by atoms with E-state index in [-0.39, 0.29) is 28.6 Å². The van der Waals surface area contributed by atoms with E-state index in [1.165, 1.54) is 10.5 Å². The zero-order valence-corrected chi connectivity index (χ0v) is 19.4. The van der Waals surface area contributed by atoms with Crippen molar-refractivity contribution in [3.8, 4) is 0 Å². The van der Waals surface area contributed by atoms with Gasteiger partial charge in [-0.05, 0) is 51.3 Å². The van der Waals surface area contributed by atoms with Crippen LogP contribution in [0.4, 0.5) is 0 Å². The average molecular weight is 440 g/mol. The van der Waals surface area contributed by atoms with Gasteiger partial charge in [0.2, 0.25) is 0 Å². The molecule has 3 rings (SSSR count). The minimum absolute atomic E-state index is 0.0554. The molecule has 172 valence electrons. The first-order valence-electron chi connectivity index (χ1n) is 11.3. The van der Waals surface area contributed by atoms with E-state index in [2.05, 4.69) is 12.2 Å². The maximum absolute atomic E-state index is 13.3. The lowest BCUT2D eigenvalue weighted by Gasteiger charge is -2.16. The normalized spacial score (nSPS) is 11.5. The van der Waals surface area contributed by atoms with Gasteiger partial charge in [-0.2, -0.15) is 0 Å². The lowest BCUT2D eigenvalue weighted by molar-refractivity contribution is 0.0748. The van der Waals surface area contributed by atoms with Crippen molar-refractivity contribution >= 4 is 22.6 Å². The number of nitrogens with one attached hydrogen (secondary N) is 2. The number of unbranched alkanes of at least 4 members (excludes halogenated alkanes) is 2. The number of hydrogen-bond donors (Lipinski definition) is 2. The molecule has 8 nitrogen and oxygen atoms in total. The highest BCUT2D eigenvalue weighted by molar-refractivity contribution is 5.96. The van der Waals surface area contributed by atoms with Crippen LogP contribution in [-0.2, 0) is 11.3 Å². The largest absolute Gasteiger partial charge is 0.379 e. The van der Waals surface area contributed by atoms with Crippen LogP contribution in [0.3, 0.4) is 0 Å². The Morgan fingerprint density at radius 2 is 2.03 bits per heavy atom. The SMILES string of the molecule is CCCCCNC(=O)c1cc2c(=O)n3cccc(C)c3nc2n(CCCOC(C)C)c1=N. The van der Waals surface area contributed by atoms with E-state index < -0.39 is 0 Å². The second-order valence-electron chi connectivity index (χ2n) is 8.33. The fourth-order valence-electron chi connectivity index (χ4n) is 3.70. The van der Waals surface area contributed by atoms with Gasteiger partial charge in [0.15, 0.2) is 0 Å². The van der Waals surface area contributed by atoms with E-state index in [4.69, 9.17) is 15.1 Å². The van der Waals surface area contributed by atoms with Gasteiger partial charge in [-0.25, -0.2) is 4.98 Å². The van der Waals surface area contributed by atoms with Crippen molar-refractivity contribution < 1.29 is 9.53 Å². The van der Waals surface area contributed by atoms with Crippen LogP contribution in [0.15, 0.2) is 29.2 Å². The lowest BCUT2D eigenvalue weighted by atomic mass is 10.1. The molecule has 0 aliphatic carbocycles. The third-order valence-electron chi connectivity index (χ3n) is 5.42. The summed E-state index contributed by atoms with van der Waals surface area (Å²) >= 11 is 0. The van der Waals surface area contributed by atoms with Crippen LogP contribution in [-0.4, -0.2) is 39.1 Å². The van der Waals surface area contributed by atoms with Gasteiger partial charge in [0.25, 0.3) is 11.5 Å². The molecule has 0 radical (unpaired) electrons. The molecule has 2 N–H and O–H groups in total. The third-order valence-corrected chi connectivity index (χ3v) is 5.42. The highest BCUT2D eigenvalue weighted by Gasteiger charge is 2.17. The summed E-state index contributed by atoms with van der Waals surface area (Å²) in [5, 5.41) is 12.0. The van der Waals surface area contributed by atoms with E-state index in [1.807, 2.05) is 26.8 Å². The smallest absolute Gasteiger partial charge is 0.267 e. The number of amides is 1. The summed E-state index contributed by atoms with van der Waals surface area (Å²) in [5.74, 6) is -0.339. The quantitative estimate of drug-likeness (QED) is 0.374. The molecule has 32 heavy (non-hydrogen) atoms. The van der Waals surface area contributed by atoms with Crippen molar-refractivity contribution in [2.24, 2.45) is 0 Å². The number of aromatic nitrogens is 3. The maximum Gasteiger partial charge on any atom is 0.267 e. The van der Waals surface area contributed by atoms with E-state index in [0.717, 1.165) is 24.8 Å². The number of carbonyl (C=O) groups excluding carboxylic acids is 1. The highest BCUT2D eigenvalue weighted by atomic mass is 16.5. The molecule has 0 aliphatic heterocycles. The minimum atomic E-state index is -0.339. The summed E-state index contributed by atoms with van der Waals surface area (Å²) in [6.45, 7) is 9.43.